The van der Waals surface area contributed by atoms with Gasteiger partial charge < -0.3 is 20.1 Å². The van der Waals surface area contributed by atoms with Crippen LogP contribution in [0.4, 0.5) is 5.69 Å². The summed E-state index contributed by atoms with van der Waals surface area (Å²) in [5, 5.41) is 7.40. The van der Waals surface area contributed by atoms with Gasteiger partial charge in [0.15, 0.2) is 17.5 Å². The first-order chi connectivity index (χ1) is 16.7. The van der Waals surface area contributed by atoms with Gasteiger partial charge in [-0.3, -0.25) is 24.3 Å². The first kappa shape index (κ1) is 24.2. The first-order valence-corrected chi connectivity index (χ1v) is 11.9. The maximum Gasteiger partial charge on any atom is 0.317 e. The molecule has 3 amide bonds. The van der Waals surface area contributed by atoms with Gasteiger partial charge in [-0.25, -0.2) is 0 Å². The van der Waals surface area contributed by atoms with E-state index in [9.17, 15) is 14.4 Å². The average molecular weight is 495 g/mol. The number of rotatable bonds is 6. The van der Waals surface area contributed by atoms with Crippen LogP contribution in [0.15, 0.2) is 60.2 Å². The van der Waals surface area contributed by atoms with Gasteiger partial charge in [-0.05, 0) is 62.0 Å². The maximum absolute atomic E-state index is 13.5. The Morgan fingerprint density at radius 3 is 2.60 bits per heavy atom. The molecule has 1 aliphatic heterocycles. The molecular weight excluding hydrogens is 468 g/mol. The molecule has 2 N–H and O–H groups in total. The number of anilines is 1. The molecule has 0 unspecified atom stereocenters. The number of thiophene rings is 1. The lowest BCUT2D eigenvalue weighted by atomic mass is 10.1. The van der Waals surface area contributed by atoms with Crippen LogP contribution in [0.5, 0.6) is 11.5 Å². The van der Waals surface area contributed by atoms with E-state index in [0.29, 0.717) is 22.1 Å². The fraction of sp³-hybridized carbons (Fsp3) is 0.280. The van der Waals surface area contributed by atoms with Crippen molar-refractivity contribution in [2.45, 2.75) is 38.9 Å². The van der Waals surface area contributed by atoms with Gasteiger partial charge in [0.1, 0.15) is 0 Å². The minimum Gasteiger partial charge on any atom is -0.454 e. The van der Waals surface area contributed by atoms with Gasteiger partial charge in [0, 0.05) is 23.2 Å². The van der Waals surface area contributed by atoms with Crippen LogP contribution >= 0.6 is 11.3 Å². The summed E-state index contributed by atoms with van der Waals surface area (Å²) in [6.07, 6.45) is 3.01. The van der Waals surface area contributed by atoms with Crippen molar-refractivity contribution in [3.63, 3.8) is 0 Å². The van der Waals surface area contributed by atoms with Crippen molar-refractivity contribution in [3.8, 4) is 11.5 Å². The van der Waals surface area contributed by atoms with Crippen LogP contribution in [0.2, 0.25) is 0 Å². The summed E-state index contributed by atoms with van der Waals surface area (Å²) >= 11 is 1.33. The lowest BCUT2D eigenvalue weighted by Gasteiger charge is -2.32. The summed E-state index contributed by atoms with van der Waals surface area (Å²) in [5.41, 5.74) is 0.527. The third-order valence-corrected chi connectivity index (χ3v) is 5.97. The summed E-state index contributed by atoms with van der Waals surface area (Å²) in [5.74, 6) is -0.919. The van der Waals surface area contributed by atoms with Crippen LogP contribution in [0.25, 0.3) is 0 Å². The van der Waals surface area contributed by atoms with Gasteiger partial charge in [0.2, 0.25) is 12.7 Å². The van der Waals surface area contributed by atoms with Crippen molar-refractivity contribution in [1.82, 2.24) is 15.6 Å². The summed E-state index contributed by atoms with van der Waals surface area (Å²) < 4.78 is 10.7. The number of carbonyl (C=O) groups is 3. The van der Waals surface area contributed by atoms with Crippen molar-refractivity contribution in [2.75, 3.05) is 11.7 Å². The van der Waals surface area contributed by atoms with E-state index in [1.807, 2.05) is 26.2 Å². The Balaban J connectivity index is 1.61. The number of hydrogen-bond donors (Lipinski definition) is 2. The molecule has 3 aromatic rings. The van der Waals surface area contributed by atoms with E-state index in [4.69, 9.17) is 9.47 Å². The Bertz CT molecular complexity index is 1210. The monoisotopic (exact) mass is 494 g/mol. The van der Waals surface area contributed by atoms with Gasteiger partial charge in [-0.1, -0.05) is 12.1 Å². The molecule has 1 aromatic carbocycles. The number of hydrogen-bond acceptors (Lipinski definition) is 7. The molecule has 0 saturated heterocycles. The second-order valence-corrected chi connectivity index (χ2v) is 9.89. The van der Waals surface area contributed by atoms with Crippen molar-refractivity contribution >= 4 is 34.7 Å². The third-order valence-electron chi connectivity index (χ3n) is 5.04. The quantitative estimate of drug-likeness (QED) is 0.510. The third kappa shape index (κ3) is 5.78. The fourth-order valence-electron chi connectivity index (χ4n) is 3.56. The molecule has 0 bridgehead atoms. The number of nitrogens with zero attached hydrogens (tertiary/aromatic N) is 2. The number of nitrogens with one attached hydrogen (secondary N) is 2. The zero-order valence-corrected chi connectivity index (χ0v) is 20.4. The molecule has 35 heavy (non-hydrogen) atoms. The minimum absolute atomic E-state index is 0.0972. The van der Waals surface area contributed by atoms with E-state index in [1.54, 1.807) is 48.7 Å². The number of benzene rings is 1. The zero-order valence-electron chi connectivity index (χ0n) is 19.6. The van der Waals surface area contributed by atoms with Crippen LogP contribution < -0.4 is 25.0 Å². The van der Waals surface area contributed by atoms with E-state index in [0.717, 1.165) is 5.56 Å². The fourth-order valence-corrected chi connectivity index (χ4v) is 4.37. The lowest BCUT2D eigenvalue weighted by Crippen LogP contribution is -2.52. The van der Waals surface area contributed by atoms with Crippen LogP contribution in [0.3, 0.4) is 0 Å². The first-order valence-electron chi connectivity index (χ1n) is 11.0. The van der Waals surface area contributed by atoms with Gasteiger partial charge in [0.25, 0.3) is 0 Å². The molecule has 0 spiro atoms. The highest BCUT2D eigenvalue weighted by Crippen LogP contribution is 2.33. The number of aromatic nitrogens is 1. The molecule has 1 atom stereocenters. The topological polar surface area (TPSA) is 110 Å². The number of carbonyl (C=O) groups excluding carboxylic acids is 3. The Kier molecular flexibility index (Phi) is 7.02. The molecule has 10 heteroatoms. The van der Waals surface area contributed by atoms with Gasteiger partial charge in [-0.15, -0.1) is 11.3 Å². The number of amides is 3. The number of pyridine rings is 1. The lowest BCUT2D eigenvalue weighted by molar-refractivity contribution is -0.138. The van der Waals surface area contributed by atoms with Crippen molar-refractivity contribution in [2.24, 2.45) is 0 Å². The largest absolute Gasteiger partial charge is 0.454 e. The average Bonchev–Trinajstić information content (AvgIpc) is 3.51. The zero-order chi connectivity index (χ0) is 25.0. The predicted octanol–water partition coefficient (Wildman–Crippen LogP) is 3.18. The second-order valence-electron chi connectivity index (χ2n) is 8.91. The molecular formula is C25H26N4O5S. The standard InChI is InChI=1S/C25H26N4O5S/c1-25(2,3)28-22(30)21(20-7-5-11-35-20)29(17-6-4-10-26-14-17)24(32)23(31)27-13-16-8-9-18-19(12-16)34-15-33-18/h4-12,14,21H,13,15H2,1-3H3,(H,27,31)(H,28,30)/t21-/m0/s1. The molecule has 3 heterocycles. The highest BCUT2D eigenvalue weighted by molar-refractivity contribution is 7.10. The Hall–Kier alpha value is -3.92. The summed E-state index contributed by atoms with van der Waals surface area (Å²) in [4.78, 5) is 45.9. The van der Waals surface area contributed by atoms with E-state index >= 15 is 0 Å². The molecule has 1 aliphatic rings. The smallest absolute Gasteiger partial charge is 0.317 e. The highest BCUT2D eigenvalue weighted by Gasteiger charge is 2.37. The molecule has 0 aliphatic carbocycles. The SMILES string of the molecule is CC(C)(C)NC(=O)[C@H](c1cccs1)N(C(=O)C(=O)NCc1ccc2c(c1)OCO2)c1cccnc1. The van der Waals surface area contributed by atoms with E-state index < -0.39 is 29.3 Å². The summed E-state index contributed by atoms with van der Waals surface area (Å²) in [6.45, 7) is 5.80. The van der Waals surface area contributed by atoms with Gasteiger partial charge in [-0.2, -0.15) is 0 Å². The number of ether oxygens (including phenoxy) is 2. The van der Waals surface area contributed by atoms with Gasteiger partial charge >= 0.3 is 11.8 Å². The molecule has 182 valence electrons. The summed E-state index contributed by atoms with van der Waals surface area (Å²) in [7, 11) is 0. The number of fused-ring (bicyclic) bond motifs is 1. The van der Waals surface area contributed by atoms with E-state index in [-0.39, 0.29) is 13.3 Å². The molecule has 0 radical (unpaired) electrons. The molecule has 0 fully saturated rings. The highest BCUT2D eigenvalue weighted by atomic mass is 32.1. The second kappa shape index (κ2) is 10.1. The Labute approximate surface area is 207 Å². The molecule has 4 rings (SSSR count). The van der Waals surface area contributed by atoms with Gasteiger partial charge in [0.05, 0.1) is 11.9 Å². The Morgan fingerprint density at radius 1 is 1.11 bits per heavy atom. The molecule has 9 nitrogen and oxygen atoms in total. The van der Waals surface area contributed by atoms with Crippen molar-refractivity contribution in [1.29, 1.82) is 0 Å². The van der Waals surface area contributed by atoms with Crippen LogP contribution in [0.1, 0.15) is 37.3 Å². The summed E-state index contributed by atoms with van der Waals surface area (Å²) in [6, 6.07) is 11.1. The normalized spacial score (nSPS) is 13.1. The van der Waals surface area contributed by atoms with Crippen LogP contribution in [-0.2, 0) is 20.9 Å². The van der Waals surface area contributed by atoms with E-state index in [1.165, 1.54) is 22.4 Å². The predicted molar refractivity (Wildman–Crippen MR) is 131 cm³/mol. The van der Waals surface area contributed by atoms with Crippen LogP contribution in [-0.4, -0.2) is 35.0 Å². The Morgan fingerprint density at radius 2 is 1.91 bits per heavy atom. The van der Waals surface area contributed by atoms with Crippen molar-refractivity contribution < 1.29 is 23.9 Å². The van der Waals surface area contributed by atoms with Crippen LogP contribution in [0, 0.1) is 0 Å². The molecule has 0 saturated carbocycles. The minimum atomic E-state index is -1.05. The molecule has 2 aromatic heterocycles. The van der Waals surface area contributed by atoms with E-state index in [2.05, 4.69) is 15.6 Å². The van der Waals surface area contributed by atoms with Crippen molar-refractivity contribution in [3.05, 3.63) is 70.7 Å². The maximum atomic E-state index is 13.5.